The number of nitrogens with one attached hydrogen (secondary N) is 2. The van der Waals surface area contributed by atoms with E-state index in [0.717, 1.165) is 22.5 Å². The maximum absolute atomic E-state index is 12.0. The van der Waals surface area contributed by atoms with Crippen molar-refractivity contribution in [2.45, 2.75) is 20.8 Å². The van der Waals surface area contributed by atoms with Crippen molar-refractivity contribution in [3.63, 3.8) is 0 Å². The molecule has 0 radical (unpaired) electrons. The Balaban J connectivity index is 2.23. The van der Waals surface area contributed by atoms with Crippen LogP contribution in [0.5, 0.6) is 0 Å². The Labute approximate surface area is 100 Å². The zero-order chi connectivity index (χ0) is 12.4. The summed E-state index contributed by atoms with van der Waals surface area (Å²) in [6.07, 6.45) is 0. The molecule has 0 atom stereocenters. The maximum atomic E-state index is 12.0. The Hall–Kier alpha value is -2.10. The van der Waals surface area contributed by atoms with Gasteiger partial charge in [-0.25, -0.2) is 0 Å². The van der Waals surface area contributed by atoms with Crippen molar-refractivity contribution >= 4 is 11.6 Å². The van der Waals surface area contributed by atoms with Crippen LogP contribution in [0.2, 0.25) is 0 Å². The van der Waals surface area contributed by atoms with E-state index in [9.17, 15) is 4.79 Å². The number of aryl methyl sites for hydroxylation is 2. The van der Waals surface area contributed by atoms with Crippen molar-refractivity contribution in [2.24, 2.45) is 0 Å². The van der Waals surface area contributed by atoms with E-state index in [1.807, 2.05) is 45.0 Å². The molecule has 2 rings (SSSR count). The first-order valence-corrected chi connectivity index (χ1v) is 5.48. The largest absolute Gasteiger partial charge is 0.320 e. The van der Waals surface area contributed by atoms with Crippen LogP contribution in [0.3, 0.4) is 0 Å². The zero-order valence-electron chi connectivity index (χ0n) is 10.2. The van der Waals surface area contributed by atoms with Crippen molar-refractivity contribution in [3.8, 4) is 0 Å². The number of amides is 1. The van der Waals surface area contributed by atoms with E-state index < -0.39 is 0 Å². The maximum Gasteiger partial charge on any atom is 0.276 e. The molecule has 0 saturated carbocycles. The first-order chi connectivity index (χ1) is 8.09. The van der Waals surface area contributed by atoms with Gasteiger partial charge >= 0.3 is 0 Å². The number of hydrogen-bond acceptors (Lipinski definition) is 2. The van der Waals surface area contributed by atoms with Gasteiger partial charge in [-0.05, 0) is 32.4 Å². The van der Waals surface area contributed by atoms with E-state index in [1.54, 1.807) is 0 Å². The van der Waals surface area contributed by atoms with Gasteiger partial charge in [0.1, 0.15) is 0 Å². The highest BCUT2D eigenvalue weighted by molar-refractivity contribution is 6.04. The lowest BCUT2D eigenvalue weighted by Gasteiger charge is -2.06. The first kappa shape index (κ1) is 11.4. The predicted octanol–water partition coefficient (Wildman–Crippen LogP) is 2.59. The highest BCUT2D eigenvalue weighted by Gasteiger charge is 2.14. The standard InChI is InChI=1S/C13H15N3O/c1-8-6-4-5-7-11(8)14-13(17)12-9(2)10(3)15-16-12/h4-7H,1-3H3,(H,14,17)(H,15,16). The third-order valence-corrected chi connectivity index (χ3v) is 2.86. The molecule has 17 heavy (non-hydrogen) atoms. The molecule has 88 valence electrons. The Morgan fingerprint density at radius 2 is 1.94 bits per heavy atom. The van der Waals surface area contributed by atoms with E-state index in [0.29, 0.717) is 5.69 Å². The molecule has 0 fully saturated rings. The lowest BCUT2D eigenvalue weighted by molar-refractivity contribution is 0.102. The summed E-state index contributed by atoms with van der Waals surface area (Å²) in [6, 6.07) is 7.67. The van der Waals surface area contributed by atoms with Crippen LogP contribution in [0.4, 0.5) is 5.69 Å². The molecule has 1 aromatic heterocycles. The Morgan fingerprint density at radius 3 is 2.53 bits per heavy atom. The minimum Gasteiger partial charge on any atom is -0.320 e. The third-order valence-electron chi connectivity index (χ3n) is 2.86. The fourth-order valence-corrected chi connectivity index (χ4v) is 1.60. The van der Waals surface area contributed by atoms with Gasteiger partial charge in [-0.1, -0.05) is 18.2 Å². The summed E-state index contributed by atoms with van der Waals surface area (Å²) in [6.45, 7) is 5.73. The smallest absolute Gasteiger partial charge is 0.276 e. The summed E-state index contributed by atoms with van der Waals surface area (Å²) in [7, 11) is 0. The third kappa shape index (κ3) is 2.20. The second kappa shape index (κ2) is 4.41. The molecule has 0 spiro atoms. The molecule has 0 aliphatic carbocycles. The SMILES string of the molecule is Cc1ccccc1NC(=O)c1n[nH]c(C)c1C. The van der Waals surface area contributed by atoms with Crippen LogP contribution in [0, 0.1) is 20.8 Å². The molecular weight excluding hydrogens is 214 g/mol. The Bertz CT molecular complexity index is 558. The van der Waals surface area contributed by atoms with Crippen LogP contribution >= 0.6 is 0 Å². The second-order valence-corrected chi connectivity index (χ2v) is 4.09. The number of benzene rings is 1. The Kier molecular flexibility index (Phi) is 2.95. The van der Waals surface area contributed by atoms with Crippen molar-refractivity contribution < 1.29 is 4.79 Å². The van der Waals surface area contributed by atoms with Gasteiger partial charge < -0.3 is 5.32 Å². The monoisotopic (exact) mass is 229 g/mol. The Morgan fingerprint density at radius 1 is 1.24 bits per heavy atom. The molecule has 2 aromatic rings. The molecule has 1 amide bonds. The van der Waals surface area contributed by atoms with Gasteiger partial charge in [0, 0.05) is 16.9 Å². The van der Waals surface area contributed by atoms with Gasteiger partial charge in [-0.2, -0.15) is 5.10 Å². The lowest BCUT2D eigenvalue weighted by atomic mass is 10.2. The number of aromatic amines is 1. The molecule has 4 nitrogen and oxygen atoms in total. The first-order valence-electron chi connectivity index (χ1n) is 5.48. The van der Waals surface area contributed by atoms with E-state index in [2.05, 4.69) is 15.5 Å². The topological polar surface area (TPSA) is 57.8 Å². The number of H-pyrrole nitrogens is 1. The molecule has 0 bridgehead atoms. The molecule has 2 N–H and O–H groups in total. The molecule has 1 heterocycles. The van der Waals surface area contributed by atoms with Gasteiger partial charge in [0.05, 0.1) is 0 Å². The van der Waals surface area contributed by atoms with Gasteiger partial charge in [0.25, 0.3) is 5.91 Å². The summed E-state index contributed by atoms with van der Waals surface area (Å²) < 4.78 is 0. The predicted molar refractivity (Wildman–Crippen MR) is 67.2 cm³/mol. The number of hydrogen-bond donors (Lipinski definition) is 2. The van der Waals surface area contributed by atoms with Crippen molar-refractivity contribution in [1.82, 2.24) is 10.2 Å². The van der Waals surface area contributed by atoms with Crippen LogP contribution in [0.15, 0.2) is 24.3 Å². The van der Waals surface area contributed by atoms with Crippen molar-refractivity contribution in [1.29, 1.82) is 0 Å². The highest BCUT2D eigenvalue weighted by atomic mass is 16.1. The molecular formula is C13H15N3O. The average molecular weight is 229 g/mol. The fraction of sp³-hybridized carbons (Fsp3) is 0.231. The molecule has 1 aromatic carbocycles. The van der Waals surface area contributed by atoms with Crippen LogP contribution in [0.25, 0.3) is 0 Å². The molecule has 4 heteroatoms. The van der Waals surface area contributed by atoms with Crippen LogP contribution in [-0.4, -0.2) is 16.1 Å². The van der Waals surface area contributed by atoms with Gasteiger partial charge in [-0.15, -0.1) is 0 Å². The lowest BCUT2D eigenvalue weighted by Crippen LogP contribution is -2.14. The normalized spacial score (nSPS) is 10.3. The highest BCUT2D eigenvalue weighted by Crippen LogP contribution is 2.16. The molecule has 0 aliphatic rings. The van der Waals surface area contributed by atoms with Crippen molar-refractivity contribution in [3.05, 3.63) is 46.8 Å². The summed E-state index contributed by atoms with van der Waals surface area (Å²) in [5.74, 6) is -0.179. The second-order valence-electron chi connectivity index (χ2n) is 4.09. The van der Waals surface area contributed by atoms with Crippen LogP contribution in [-0.2, 0) is 0 Å². The van der Waals surface area contributed by atoms with Gasteiger partial charge in [0.15, 0.2) is 5.69 Å². The number of carbonyl (C=O) groups is 1. The zero-order valence-corrected chi connectivity index (χ0v) is 10.2. The van der Waals surface area contributed by atoms with Crippen LogP contribution < -0.4 is 5.32 Å². The van der Waals surface area contributed by atoms with Crippen LogP contribution in [0.1, 0.15) is 27.3 Å². The molecule has 0 unspecified atom stereocenters. The van der Waals surface area contributed by atoms with Gasteiger partial charge in [0.2, 0.25) is 0 Å². The van der Waals surface area contributed by atoms with Crippen molar-refractivity contribution in [2.75, 3.05) is 5.32 Å². The minimum atomic E-state index is -0.179. The minimum absolute atomic E-state index is 0.179. The number of anilines is 1. The fourth-order valence-electron chi connectivity index (χ4n) is 1.60. The quantitative estimate of drug-likeness (QED) is 0.831. The number of nitrogens with zero attached hydrogens (tertiary/aromatic N) is 1. The number of carbonyl (C=O) groups excluding carboxylic acids is 1. The van der Waals surface area contributed by atoms with Gasteiger partial charge in [-0.3, -0.25) is 9.89 Å². The molecule has 0 saturated heterocycles. The summed E-state index contributed by atoms with van der Waals surface area (Å²) in [4.78, 5) is 12.0. The number of rotatable bonds is 2. The molecule has 0 aliphatic heterocycles. The number of para-hydroxylation sites is 1. The van der Waals surface area contributed by atoms with E-state index in [4.69, 9.17) is 0 Å². The average Bonchev–Trinajstić information content (AvgIpc) is 2.63. The summed E-state index contributed by atoms with van der Waals surface area (Å²) in [5, 5.41) is 9.67. The van der Waals surface area contributed by atoms with E-state index >= 15 is 0 Å². The number of aromatic nitrogens is 2. The summed E-state index contributed by atoms with van der Waals surface area (Å²) in [5.41, 5.74) is 4.10. The van der Waals surface area contributed by atoms with E-state index in [-0.39, 0.29) is 5.91 Å². The summed E-state index contributed by atoms with van der Waals surface area (Å²) >= 11 is 0. The van der Waals surface area contributed by atoms with E-state index in [1.165, 1.54) is 0 Å².